The van der Waals surface area contributed by atoms with Gasteiger partial charge in [-0.2, -0.15) is 0 Å². The average Bonchev–Trinajstić information content (AvgIpc) is 3.23. The number of carbonyl (C=O) groups is 2. The monoisotopic (exact) mass is 362 g/mol. The van der Waals surface area contributed by atoms with Crippen molar-refractivity contribution < 1.29 is 9.59 Å². The zero-order chi connectivity index (χ0) is 19.0. The lowest BCUT2D eigenvalue weighted by Crippen LogP contribution is -2.26. The quantitative estimate of drug-likeness (QED) is 0.773. The highest BCUT2D eigenvalue weighted by Crippen LogP contribution is 2.29. The molecule has 1 N–H and O–H groups in total. The van der Waals surface area contributed by atoms with Gasteiger partial charge in [-0.25, -0.2) is 4.98 Å². The summed E-state index contributed by atoms with van der Waals surface area (Å²) in [7, 11) is 0. The van der Waals surface area contributed by atoms with E-state index in [-0.39, 0.29) is 18.4 Å². The zero-order valence-electron chi connectivity index (χ0n) is 15.5. The predicted octanol–water partition coefficient (Wildman–Crippen LogP) is 3.42. The number of imidazole rings is 1. The smallest absolute Gasteiger partial charge is 0.244 e. The van der Waals surface area contributed by atoms with Crippen LogP contribution in [0.15, 0.2) is 42.7 Å². The summed E-state index contributed by atoms with van der Waals surface area (Å²) in [5.41, 5.74) is 5.60. The van der Waals surface area contributed by atoms with Crippen LogP contribution in [0.4, 0.5) is 11.4 Å². The fraction of sp³-hybridized carbons (Fsp3) is 0.286. The summed E-state index contributed by atoms with van der Waals surface area (Å²) >= 11 is 0. The standard InChI is InChI=1S/C21H22N4O2/c1-14-10-17-19(11-15(14)2)24(13-22-17)12-20(26)23-16-6-3-4-7-18(16)25-9-5-8-21(25)27/h3-4,6-7,10-11,13H,5,8-9,12H2,1-2H3,(H,23,26). The molecule has 0 aliphatic carbocycles. The second-order valence-electron chi connectivity index (χ2n) is 7.01. The van der Waals surface area contributed by atoms with Gasteiger partial charge in [0.05, 0.1) is 28.7 Å². The molecule has 1 aliphatic heterocycles. The second-order valence-corrected chi connectivity index (χ2v) is 7.01. The summed E-state index contributed by atoms with van der Waals surface area (Å²) in [6, 6.07) is 11.5. The van der Waals surface area contributed by atoms with Crippen molar-refractivity contribution in [2.24, 2.45) is 0 Å². The summed E-state index contributed by atoms with van der Waals surface area (Å²) < 4.78 is 1.85. The number of hydrogen-bond donors (Lipinski definition) is 1. The Morgan fingerprint density at radius 3 is 2.74 bits per heavy atom. The number of anilines is 2. The molecule has 0 bridgehead atoms. The lowest BCUT2D eigenvalue weighted by Gasteiger charge is -2.20. The number of carbonyl (C=O) groups excluding carboxylic acids is 2. The number of amides is 2. The summed E-state index contributed by atoms with van der Waals surface area (Å²) in [5.74, 6) is -0.0465. The van der Waals surface area contributed by atoms with Crippen molar-refractivity contribution in [3.63, 3.8) is 0 Å². The molecule has 0 spiro atoms. The number of nitrogens with zero attached hydrogens (tertiary/aromatic N) is 3. The van der Waals surface area contributed by atoms with E-state index in [0.29, 0.717) is 18.7 Å². The molecule has 2 amide bonds. The maximum absolute atomic E-state index is 12.7. The number of aromatic nitrogens is 2. The maximum Gasteiger partial charge on any atom is 0.244 e. The highest BCUT2D eigenvalue weighted by atomic mass is 16.2. The van der Waals surface area contributed by atoms with Gasteiger partial charge in [-0.05, 0) is 55.7 Å². The van der Waals surface area contributed by atoms with Gasteiger partial charge in [0.1, 0.15) is 6.54 Å². The number of hydrogen-bond acceptors (Lipinski definition) is 3. The van der Waals surface area contributed by atoms with Crippen molar-refractivity contribution in [1.82, 2.24) is 9.55 Å². The van der Waals surface area contributed by atoms with Crippen molar-refractivity contribution in [3.8, 4) is 0 Å². The van der Waals surface area contributed by atoms with Crippen molar-refractivity contribution in [3.05, 3.63) is 53.9 Å². The second kappa shape index (κ2) is 6.87. The molecule has 0 radical (unpaired) electrons. The van der Waals surface area contributed by atoms with E-state index in [1.54, 1.807) is 11.2 Å². The summed E-state index contributed by atoms with van der Waals surface area (Å²) in [4.78, 5) is 30.9. The Kier molecular flexibility index (Phi) is 4.39. The van der Waals surface area contributed by atoms with E-state index in [0.717, 1.165) is 23.1 Å². The normalized spacial score (nSPS) is 14.1. The van der Waals surface area contributed by atoms with Crippen LogP contribution in [0.1, 0.15) is 24.0 Å². The van der Waals surface area contributed by atoms with E-state index in [4.69, 9.17) is 0 Å². The SMILES string of the molecule is Cc1cc2ncn(CC(=O)Nc3ccccc3N3CCCC3=O)c2cc1C. The fourth-order valence-corrected chi connectivity index (χ4v) is 3.50. The number of para-hydroxylation sites is 2. The molecule has 1 aromatic heterocycles. The molecule has 1 saturated heterocycles. The highest BCUT2D eigenvalue weighted by Gasteiger charge is 2.24. The van der Waals surface area contributed by atoms with Crippen LogP contribution in [-0.4, -0.2) is 27.9 Å². The van der Waals surface area contributed by atoms with Gasteiger partial charge < -0.3 is 14.8 Å². The van der Waals surface area contributed by atoms with Crippen LogP contribution in [0, 0.1) is 13.8 Å². The number of fused-ring (bicyclic) bond motifs is 1. The molecule has 138 valence electrons. The van der Waals surface area contributed by atoms with E-state index in [2.05, 4.69) is 30.2 Å². The molecule has 4 rings (SSSR count). The van der Waals surface area contributed by atoms with Gasteiger partial charge in [-0.1, -0.05) is 12.1 Å². The third-order valence-electron chi connectivity index (χ3n) is 5.09. The largest absolute Gasteiger partial charge is 0.323 e. The predicted molar refractivity (Wildman–Crippen MR) is 106 cm³/mol. The Labute approximate surface area is 157 Å². The van der Waals surface area contributed by atoms with Crippen LogP contribution in [0.3, 0.4) is 0 Å². The fourth-order valence-electron chi connectivity index (χ4n) is 3.50. The van der Waals surface area contributed by atoms with Crippen molar-refractivity contribution >= 4 is 34.2 Å². The minimum Gasteiger partial charge on any atom is -0.323 e. The average molecular weight is 362 g/mol. The molecule has 27 heavy (non-hydrogen) atoms. The number of nitrogens with one attached hydrogen (secondary N) is 1. The van der Waals surface area contributed by atoms with Gasteiger partial charge in [0.2, 0.25) is 11.8 Å². The zero-order valence-corrected chi connectivity index (χ0v) is 15.5. The van der Waals surface area contributed by atoms with Gasteiger partial charge in [0.15, 0.2) is 0 Å². The molecule has 6 nitrogen and oxygen atoms in total. The first-order valence-corrected chi connectivity index (χ1v) is 9.14. The molecule has 0 saturated carbocycles. The molecule has 0 unspecified atom stereocenters. The van der Waals surface area contributed by atoms with Crippen LogP contribution in [-0.2, 0) is 16.1 Å². The first-order chi connectivity index (χ1) is 13.0. The van der Waals surface area contributed by atoms with E-state index >= 15 is 0 Å². The van der Waals surface area contributed by atoms with Gasteiger partial charge in [-0.3, -0.25) is 9.59 Å². The molecular formula is C21H22N4O2. The Morgan fingerprint density at radius 2 is 1.96 bits per heavy atom. The first-order valence-electron chi connectivity index (χ1n) is 9.14. The van der Waals surface area contributed by atoms with E-state index < -0.39 is 0 Å². The van der Waals surface area contributed by atoms with Gasteiger partial charge in [0, 0.05) is 13.0 Å². The van der Waals surface area contributed by atoms with Crippen LogP contribution in [0.2, 0.25) is 0 Å². The summed E-state index contributed by atoms with van der Waals surface area (Å²) in [5, 5.41) is 2.96. The van der Waals surface area contributed by atoms with Crippen molar-refractivity contribution in [2.75, 3.05) is 16.8 Å². The lowest BCUT2D eigenvalue weighted by atomic mass is 10.1. The number of benzene rings is 2. The minimum atomic E-state index is -0.147. The maximum atomic E-state index is 12.7. The van der Waals surface area contributed by atoms with Crippen molar-refractivity contribution in [2.45, 2.75) is 33.2 Å². The molecule has 2 aromatic carbocycles. The molecule has 3 aromatic rings. The van der Waals surface area contributed by atoms with Crippen LogP contribution in [0.5, 0.6) is 0 Å². The molecule has 2 heterocycles. The van der Waals surface area contributed by atoms with E-state index in [9.17, 15) is 9.59 Å². The van der Waals surface area contributed by atoms with Crippen LogP contribution < -0.4 is 10.2 Å². The minimum absolute atomic E-state index is 0.100. The molecule has 0 atom stereocenters. The van der Waals surface area contributed by atoms with E-state index in [1.807, 2.05) is 34.9 Å². The topological polar surface area (TPSA) is 67.2 Å². The number of aryl methyl sites for hydroxylation is 2. The summed E-state index contributed by atoms with van der Waals surface area (Å²) in [6.07, 6.45) is 3.10. The van der Waals surface area contributed by atoms with Gasteiger partial charge in [-0.15, -0.1) is 0 Å². The Morgan fingerprint density at radius 1 is 1.19 bits per heavy atom. The van der Waals surface area contributed by atoms with Gasteiger partial charge in [0.25, 0.3) is 0 Å². The van der Waals surface area contributed by atoms with Crippen LogP contribution in [0.25, 0.3) is 11.0 Å². The summed E-state index contributed by atoms with van der Waals surface area (Å²) in [6.45, 7) is 4.96. The Hall–Kier alpha value is -3.15. The third kappa shape index (κ3) is 3.30. The highest BCUT2D eigenvalue weighted by molar-refractivity contribution is 6.02. The van der Waals surface area contributed by atoms with Gasteiger partial charge >= 0.3 is 0 Å². The lowest BCUT2D eigenvalue weighted by molar-refractivity contribution is -0.117. The Bertz CT molecular complexity index is 1040. The molecule has 1 fully saturated rings. The van der Waals surface area contributed by atoms with Crippen LogP contribution >= 0.6 is 0 Å². The molecule has 6 heteroatoms. The molecular weight excluding hydrogens is 340 g/mol. The number of rotatable bonds is 4. The molecule has 1 aliphatic rings. The Balaban J connectivity index is 1.56. The third-order valence-corrected chi connectivity index (χ3v) is 5.09. The van der Waals surface area contributed by atoms with E-state index in [1.165, 1.54) is 11.1 Å². The first kappa shape index (κ1) is 17.3. The van der Waals surface area contributed by atoms with Crippen molar-refractivity contribution in [1.29, 1.82) is 0 Å².